The van der Waals surface area contributed by atoms with Crippen LogP contribution in [0, 0.1) is 0 Å². The van der Waals surface area contributed by atoms with Gasteiger partial charge in [-0.15, -0.1) is 0 Å². The van der Waals surface area contributed by atoms with Gasteiger partial charge in [-0.05, 0) is 26.0 Å². The Bertz CT molecular complexity index is 518. The number of methoxy groups -OCH3 is 2. The molecule has 0 bridgehead atoms. The molecule has 0 radical (unpaired) electrons. The standard InChI is InChI=1S/C14H21O6P/c1-5-19-21(16,20-6-2)10-12-8-7-11(14(15)18-4)9-13(12)17-3/h7-9H,5-6,10H2,1-4H3. The Morgan fingerprint density at radius 3 is 2.24 bits per heavy atom. The van der Waals surface area contributed by atoms with E-state index in [1.54, 1.807) is 32.0 Å². The van der Waals surface area contributed by atoms with Crippen molar-refractivity contribution in [2.24, 2.45) is 0 Å². The molecule has 1 aromatic rings. The summed E-state index contributed by atoms with van der Waals surface area (Å²) in [4.78, 5) is 11.5. The van der Waals surface area contributed by atoms with Gasteiger partial charge in [-0.2, -0.15) is 0 Å². The largest absolute Gasteiger partial charge is 0.496 e. The van der Waals surface area contributed by atoms with Gasteiger partial charge < -0.3 is 18.5 Å². The van der Waals surface area contributed by atoms with Gasteiger partial charge in [0.15, 0.2) is 0 Å². The molecule has 0 atom stereocenters. The number of rotatable bonds is 8. The fourth-order valence-corrected chi connectivity index (χ4v) is 3.57. The summed E-state index contributed by atoms with van der Waals surface area (Å²) < 4.78 is 32.9. The maximum absolute atomic E-state index is 12.5. The molecule has 0 aliphatic carbocycles. The molecule has 0 fully saturated rings. The summed E-state index contributed by atoms with van der Waals surface area (Å²) in [5, 5.41) is 0. The summed E-state index contributed by atoms with van der Waals surface area (Å²) in [6, 6.07) is 4.80. The molecule has 0 spiro atoms. The lowest BCUT2D eigenvalue weighted by molar-refractivity contribution is 0.0600. The van der Waals surface area contributed by atoms with Gasteiger partial charge in [0.1, 0.15) is 5.75 Å². The normalized spacial score (nSPS) is 11.2. The molecule has 118 valence electrons. The SMILES string of the molecule is CCOP(=O)(Cc1ccc(C(=O)OC)cc1OC)OCC. The summed E-state index contributed by atoms with van der Waals surface area (Å²) in [7, 11) is -0.438. The highest BCUT2D eigenvalue weighted by Crippen LogP contribution is 2.52. The van der Waals surface area contributed by atoms with Crippen LogP contribution in [0.4, 0.5) is 0 Å². The highest BCUT2D eigenvalue weighted by atomic mass is 31.2. The number of carbonyl (C=O) groups is 1. The van der Waals surface area contributed by atoms with E-state index in [1.807, 2.05) is 0 Å². The monoisotopic (exact) mass is 316 g/mol. The van der Waals surface area contributed by atoms with E-state index in [0.29, 0.717) is 30.1 Å². The molecule has 0 aliphatic rings. The minimum Gasteiger partial charge on any atom is -0.496 e. The van der Waals surface area contributed by atoms with E-state index in [4.69, 9.17) is 13.8 Å². The first-order valence-corrected chi connectivity index (χ1v) is 8.35. The lowest BCUT2D eigenvalue weighted by Crippen LogP contribution is -2.04. The van der Waals surface area contributed by atoms with Crippen LogP contribution in [-0.2, 0) is 24.5 Å². The van der Waals surface area contributed by atoms with E-state index in [-0.39, 0.29) is 6.16 Å². The second-order valence-electron chi connectivity index (χ2n) is 4.12. The molecule has 0 aliphatic heterocycles. The van der Waals surface area contributed by atoms with Crippen molar-refractivity contribution in [3.8, 4) is 5.75 Å². The molecule has 0 amide bonds. The summed E-state index contributed by atoms with van der Waals surface area (Å²) in [6.45, 7) is 4.09. The smallest absolute Gasteiger partial charge is 0.337 e. The highest BCUT2D eigenvalue weighted by molar-refractivity contribution is 7.53. The van der Waals surface area contributed by atoms with Crippen molar-refractivity contribution in [2.75, 3.05) is 27.4 Å². The maximum Gasteiger partial charge on any atom is 0.337 e. The molecule has 0 heterocycles. The molecule has 1 aromatic carbocycles. The van der Waals surface area contributed by atoms with Gasteiger partial charge in [0.25, 0.3) is 0 Å². The third kappa shape index (κ3) is 4.84. The van der Waals surface area contributed by atoms with Crippen molar-refractivity contribution >= 4 is 13.6 Å². The second kappa shape index (κ2) is 8.17. The van der Waals surface area contributed by atoms with Crippen molar-refractivity contribution in [1.82, 2.24) is 0 Å². The van der Waals surface area contributed by atoms with Crippen molar-refractivity contribution in [2.45, 2.75) is 20.0 Å². The average Bonchev–Trinajstić information content (AvgIpc) is 2.47. The zero-order chi connectivity index (χ0) is 15.9. The molecule has 0 saturated carbocycles. The molecule has 0 N–H and O–H groups in total. The molecule has 7 heteroatoms. The zero-order valence-electron chi connectivity index (χ0n) is 12.8. The second-order valence-corrected chi connectivity index (χ2v) is 6.18. The molecule has 1 rings (SSSR count). The van der Waals surface area contributed by atoms with Crippen molar-refractivity contribution in [3.05, 3.63) is 29.3 Å². The van der Waals surface area contributed by atoms with Gasteiger partial charge in [-0.25, -0.2) is 4.79 Å². The number of hydrogen-bond donors (Lipinski definition) is 0. The molecule has 0 saturated heterocycles. The molecular formula is C14H21O6P. The topological polar surface area (TPSA) is 71.1 Å². The zero-order valence-corrected chi connectivity index (χ0v) is 13.6. The van der Waals surface area contributed by atoms with Crippen LogP contribution in [0.25, 0.3) is 0 Å². The van der Waals surface area contributed by atoms with E-state index in [1.165, 1.54) is 14.2 Å². The Morgan fingerprint density at radius 2 is 1.76 bits per heavy atom. The van der Waals surface area contributed by atoms with Crippen LogP contribution in [0.1, 0.15) is 29.8 Å². The Labute approximate surface area is 124 Å². The van der Waals surface area contributed by atoms with Gasteiger partial charge >= 0.3 is 13.6 Å². The molecule has 6 nitrogen and oxygen atoms in total. The van der Waals surface area contributed by atoms with Crippen LogP contribution in [0.3, 0.4) is 0 Å². The predicted octanol–water partition coefficient (Wildman–Crippen LogP) is 3.25. The van der Waals surface area contributed by atoms with Gasteiger partial charge in [0.05, 0.1) is 39.2 Å². The molecular weight excluding hydrogens is 295 g/mol. The summed E-state index contributed by atoms with van der Waals surface area (Å²) in [5.41, 5.74) is 1.01. The molecule has 0 unspecified atom stereocenters. The van der Waals surface area contributed by atoms with Gasteiger partial charge in [-0.1, -0.05) is 6.07 Å². The number of carbonyl (C=O) groups excluding carboxylic acids is 1. The number of benzene rings is 1. The van der Waals surface area contributed by atoms with Gasteiger partial charge in [0, 0.05) is 5.56 Å². The van der Waals surface area contributed by atoms with Gasteiger partial charge in [-0.3, -0.25) is 4.57 Å². The van der Waals surface area contributed by atoms with Crippen LogP contribution in [0.15, 0.2) is 18.2 Å². The van der Waals surface area contributed by atoms with E-state index in [9.17, 15) is 9.36 Å². The Kier molecular flexibility index (Phi) is 6.89. The number of hydrogen-bond acceptors (Lipinski definition) is 6. The lowest BCUT2D eigenvalue weighted by atomic mass is 10.1. The molecule has 21 heavy (non-hydrogen) atoms. The fraction of sp³-hybridized carbons (Fsp3) is 0.500. The minimum absolute atomic E-state index is 0.0826. The summed E-state index contributed by atoms with van der Waals surface area (Å²) >= 11 is 0. The fourth-order valence-electron chi connectivity index (χ4n) is 1.85. The van der Waals surface area contributed by atoms with Crippen LogP contribution in [0.2, 0.25) is 0 Å². The minimum atomic E-state index is -3.22. The Hall–Kier alpha value is -1.36. The van der Waals surface area contributed by atoms with Crippen molar-refractivity contribution in [1.29, 1.82) is 0 Å². The van der Waals surface area contributed by atoms with Crippen LogP contribution in [0.5, 0.6) is 5.75 Å². The van der Waals surface area contributed by atoms with Crippen molar-refractivity contribution < 1.29 is 27.9 Å². The maximum atomic E-state index is 12.5. The summed E-state index contributed by atoms with van der Waals surface area (Å²) in [6.07, 6.45) is 0.0826. The first kappa shape index (κ1) is 17.7. The Morgan fingerprint density at radius 1 is 1.14 bits per heavy atom. The number of esters is 1. The quantitative estimate of drug-likeness (QED) is 0.541. The van der Waals surface area contributed by atoms with Crippen LogP contribution >= 0.6 is 7.60 Å². The van der Waals surface area contributed by atoms with E-state index >= 15 is 0 Å². The lowest BCUT2D eigenvalue weighted by Gasteiger charge is -2.18. The van der Waals surface area contributed by atoms with E-state index < -0.39 is 13.6 Å². The predicted molar refractivity (Wildman–Crippen MR) is 78.9 cm³/mol. The summed E-state index contributed by atoms with van der Waals surface area (Å²) in [5.74, 6) is -0.0184. The Balaban J connectivity index is 3.07. The van der Waals surface area contributed by atoms with Crippen LogP contribution in [-0.4, -0.2) is 33.4 Å². The van der Waals surface area contributed by atoms with Gasteiger partial charge in [0.2, 0.25) is 0 Å². The first-order chi connectivity index (χ1) is 9.99. The van der Waals surface area contributed by atoms with E-state index in [2.05, 4.69) is 4.74 Å². The number of ether oxygens (including phenoxy) is 2. The van der Waals surface area contributed by atoms with E-state index in [0.717, 1.165) is 0 Å². The highest BCUT2D eigenvalue weighted by Gasteiger charge is 2.26. The van der Waals surface area contributed by atoms with Crippen LogP contribution < -0.4 is 4.74 Å². The third-order valence-corrected chi connectivity index (χ3v) is 4.75. The molecule has 0 aromatic heterocycles. The third-order valence-electron chi connectivity index (χ3n) is 2.72. The van der Waals surface area contributed by atoms with Crippen molar-refractivity contribution in [3.63, 3.8) is 0 Å². The first-order valence-electron chi connectivity index (χ1n) is 6.63. The average molecular weight is 316 g/mol.